The van der Waals surface area contributed by atoms with E-state index in [1.807, 2.05) is 25.9 Å². The number of ether oxygens (including phenoxy) is 1. The van der Waals surface area contributed by atoms with Gasteiger partial charge in [0.05, 0.1) is 6.61 Å². The molecule has 2 N–H and O–H groups in total. The third kappa shape index (κ3) is 4.03. The van der Waals surface area contributed by atoms with E-state index in [4.69, 9.17) is 4.74 Å². The molecule has 0 saturated heterocycles. The number of hydrogen-bond acceptors (Lipinski definition) is 7. The smallest absolute Gasteiger partial charge is 0.231 e. The van der Waals surface area contributed by atoms with Gasteiger partial charge in [0.2, 0.25) is 17.8 Å². The van der Waals surface area contributed by atoms with Crippen molar-refractivity contribution in [3.8, 4) is 0 Å². The number of methoxy groups -OCH3 is 1. The SMILES string of the molecule is CNc1nc(NC(C)COC)nc(N(C)C)n1. The topological polar surface area (TPSA) is 75.2 Å². The van der Waals surface area contributed by atoms with Crippen LogP contribution in [0.3, 0.4) is 0 Å². The largest absolute Gasteiger partial charge is 0.383 e. The summed E-state index contributed by atoms with van der Waals surface area (Å²) in [5, 5.41) is 6.07. The standard InChI is InChI=1S/C10H20N6O/c1-7(6-17-5)12-9-13-8(11-2)14-10(15-9)16(3)4/h7H,6H2,1-5H3,(H2,11,12,13,14,15). The summed E-state index contributed by atoms with van der Waals surface area (Å²) in [5.41, 5.74) is 0. The molecule has 0 aliphatic heterocycles. The molecule has 0 aromatic carbocycles. The Morgan fingerprint density at radius 1 is 1.24 bits per heavy atom. The lowest BCUT2D eigenvalue weighted by atomic mass is 10.4. The van der Waals surface area contributed by atoms with Crippen LogP contribution < -0.4 is 15.5 Å². The molecule has 0 radical (unpaired) electrons. The average molecular weight is 240 g/mol. The van der Waals surface area contributed by atoms with Crippen LogP contribution in [-0.4, -0.2) is 55.9 Å². The van der Waals surface area contributed by atoms with Crippen molar-refractivity contribution in [2.24, 2.45) is 0 Å². The molecule has 1 aromatic rings. The van der Waals surface area contributed by atoms with E-state index in [0.717, 1.165) is 0 Å². The summed E-state index contributed by atoms with van der Waals surface area (Å²) in [6, 6.07) is 0.141. The second kappa shape index (κ2) is 6.19. The monoisotopic (exact) mass is 240 g/mol. The lowest BCUT2D eigenvalue weighted by Crippen LogP contribution is -2.24. The summed E-state index contributed by atoms with van der Waals surface area (Å²) in [4.78, 5) is 14.6. The zero-order valence-electron chi connectivity index (χ0n) is 11.0. The van der Waals surface area contributed by atoms with Crippen molar-refractivity contribution in [2.75, 3.05) is 50.4 Å². The molecule has 0 aliphatic carbocycles. The first kappa shape index (κ1) is 13.4. The summed E-state index contributed by atoms with van der Waals surface area (Å²) < 4.78 is 5.05. The normalized spacial score (nSPS) is 12.1. The van der Waals surface area contributed by atoms with E-state index in [0.29, 0.717) is 24.5 Å². The van der Waals surface area contributed by atoms with Gasteiger partial charge in [-0.2, -0.15) is 15.0 Å². The number of anilines is 3. The minimum atomic E-state index is 0.141. The van der Waals surface area contributed by atoms with Gasteiger partial charge in [0, 0.05) is 34.3 Å². The van der Waals surface area contributed by atoms with Crippen molar-refractivity contribution in [1.82, 2.24) is 15.0 Å². The molecule has 0 amide bonds. The Hall–Kier alpha value is -1.63. The molecule has 7 heteroatoms. The molecule has 0 fully saturated rings. The van der Waals surface area contributed by atoms with Crippen LogP contribution in [-0.2, 0) is 4.74 Å². The van der Waals surface area contributed by atoms with Crippen LogP contribution in [0.2, 0.25) is 0 Å². The third-order valence-corrected chi connectivity index (χ3v) is 2.04. The van der Waals surface area contributed by atoms with Crippen molar-refractivity contribution in [1.29, 1.82) is 0 Å². The molecule has 0 saturated carbocycles. The highest BCUT2D eigenvalue weighted by molar-refractivity contribution is 5.42. The molecule has 0 aliphatic rings. The fraction of sp³-hybridized carbons (Fsp3) is 0.700. The van der Waals surface area contributed by atoms with Gasteiger partial charge >= 0.3 is 0 Å². The van der Waals surface area contributed by atoms with E-state index < -0.39 is 0 Å². The maximum atomic E-state index is 5.05. The Morgan fingerprint density at radius 2 is 1.88 bits per heavy atom. The van der Waals surface area contributed by atoms with E-state index in [1.54, 1.807) is 14.2 Å². The van der Waals surface area contributed by atoms with E-state index in [9.17, 15) is 0 Å². The Labute approximate surface area is 102 Å². The van der Waals surface area contributed by atoms with E-state index in [-0.39, 0.29) is 6.04 Å². The van der Waals surface area contributed by atoms with Crippen LogP contribution in [0.5, 0.6) is 0 Å². The first-order valence-corrected chi connectivity index (χ1v) is 5.43. The van der Waals surface area contributed by atoms with Gasteiger partial charge in [-0.3, -0.25) is 0 Å². The lowest BCUT2D eigenvalue weighted by Gasteiger charge is -2.16. The number of aromatic nitrogens is 3. The minimum absolute atomic E-state index is 0.141. The number of rotatable bonds is 6. The zero-order chi connectivity index (χ0) is 12.8. The van der Waals surface area contributed by atoms with Crippen LogP contribution in [0.15, 0.2) is 0 Å². The van der Waals surface area contributed by atoms with E-state index in [2.05, 4.69) is 25.6 Å². The van der Waals surface area contributed by atoms with Crippen LogP contribution in [0, 0.1) is 0 Å². The molecule has 0 bridgehead atoms. The average Bonchev–Trinajstić information content (AvgIpc) is 2.28. The predicted molar refractivity (Wildman–Crippen MR) is 68.7 cm³/mol. The second-order valence-corrected chi connectivity index (χ2v) is 3.93. The molecule has 0 spiro atoms. The highest BCUT2D eigenvalue weighted by Crippen LogP contribution is 2.11. The van der Waals surface area contributed by atoms with Crippen LogP contribution in [0.4, 0.5) is 17.8 Å². The van der Waals surface area contributed by atoms with E-state index >= 15 is 0 Å². The Balaban J connectivity index is 2.87. The molecular weight excluding hydrogens is 220 g/mol. The molecular formula is C10H20N6O. The molecule has 1 rings (SSSR count). The van der Waals surface area contributed by atoms with Gasteiger partial charge in [-0.1, -0.05) is 0 Å². The molecule has 1 aromatic heterocycles. The molecule has 17 heavy (non-hydrogen) atoms. The highest BCUT2D eigenvalue weighted by Gasteiger charge is 2.09. The second-order valence-electron chi connectivity index (χ2n) is 3.93. The number of nitrogens with zero attached hydrogens (tertiary/aromatic N) is 4. The molecule has 7 nitrogen and oxygen atoms in total. The summed E-state index contributed by atoms with van der Waals surface area (Å²) in [5.74, 6) is 1.69. The zero-order valence-corrected chi connectivity index (χ0v) is 11.0. The van der Waals surface area contributed by atoms with Gasteiger partial charge in [-0.15, -0.1) is 0 Å². The van der Waals surface area contributed by atoms with E-state index in [1.165, 1.54) is 0 Å². The van der Waals surface area contributed by atoms with Gasteiger partial charge in [0.1, 0.15) is 0 Å². The molecule has 1 atom stereocenters. The summed E-state index contributed by atoms with van der Waals surface area (Å²) in [7, 11) is 7.21. The number of hydrogen-bond donors (Lipinski definition) is 2. The van der Waals surface area contributed by atoms with Crippen molar-refractivity contribution in [3.05, 3.63) is 0 Å². The van der Waals surface area contributed by atoms with Crippen LogP contribution in [0.1, 0.15) is 6.92 Å². The quantitative estimate of drug-likeness (QED) is 0.746. The van der Waals surface area contributed by atoms with Gasteiger partial charge in [-0.25, -0.2) is 0 Å². The van der Waals surface area contributed by atoms with Crippen molar-refractivity contribution in [3.63, 3.8) is 0 Å². The van der Waals surface area contributed by atoms with Crippen LogP contribution >= 0.6 is 0 Å². The molecule has 1 heterocycles. The fourth-order valence-corrected chi connectivity index (χ4v) is 1.25. The van der Waals surface area contributed by atoms with Crippen molar-refractivity contribution in [2.45, 2.75) is 13.0 Å². The first-order valence-electron chi connectivity index (χ1n) is 5.43. The van der Waals surface area contributed by atoms with Gasteiger partial charge in [0.25, 0.3) is 0 Å². The Bertz CT molecular complexity index is 357. The summed E-state index contributed by atoms with van der Waals surface area (Å²) in [6.45, 7) is 2.60. The summed E-state index contributed by atoms with van der Waals surface area (Å²) in [6.07, 6.45) is 0. The van der Waals surface area contributed by atoms with Gasteiger partial charge in [-0.05, 0) is 6.92 Å². The molecule has 1 unspecified atom stereocenters. The van der Waals surface area contributed by atoms with Gasteiger partial charge in [0.15, 0.2) is 0 Å². The lowest BCUT2D eigenvalue weighted by molar-refractivity contribution is 0.190. The maximum Gasteiger partial charge on any atom is 0.231 e. The Morgan fingerprint density at radius 3 is 2.41 bits per heavy atom. The highest BCUT2D eigenvalue weighted by atomic mass is 16.5. The predicted octanol–water partition coefficient (Wildman–Crippen LogP) is 0.426. The minimum Gasteiger partial charge on any atom is -0.383 e. The number of nitrogens with one attached hydrogen (secondary N) is 2. The maximum absolute atomic E-state index is 5.05. The van der Waals surface area contributed by atoms with Crippen molar-refractivity contribution < 1.29 is 4.74 Å². The summed E-state index contributed by atoms with van der Waals surface area (Å²) >= 11 is 0. The first-order chi connectivity index (χ1) is 8.06. The van der Waals surface area contributed by atoms with Gasteiger partial charge < -0.3 is 20.3 Å². The third-order valence-electron chi connectivity index (χ3n) is 2.04. The Kier molecular flexibility index (Phi) is 4.89. The molecule has 96 valence electrons. The van der Waals surface area contributed by atoms with Crippen LogP contribution in [0.25, 0.3) is 0 Å². The van der Waals surface area contributed by atoms with Crippen molar-refractivity contribution >= 4 is 17.8 Å². The fourth-order valence-electron chi connectivity index (χ4n) is 1.25.